The Morgan fingerprint density at radius 2 is 1.74 bits per heavy atom. The highest BCUT2D eigenvalue weighted by molar-refractivity contribution is 14.1. The van der Waals surface area contributed by atoms with Gasteiger partial charge in [0.2, 0.25) is 0 Å². The van der Waals surface area contributed by atoms with Gasteiger partial charge in [-0.2, -0.15) is 23.3 Å². The van der Waals surface area contributed by atoms with Crippen molar-refractivity contribution >= 4 is 46.0 Å². The van der Waals surface area contributed by atoms with E-state index in [0.717, 1.165) is 9.22 Å². The fourth-order valence-electron chi connectivity index (χ4n) is 2.81. The summed E-state index contributed by atoms with van der Waals surface area (Å²) in [5.74, 6) is -2.09. The molecule has 0 fully saturated rings. The highest BCUT2D eigenvalue weighted by Crippen LogP contribution is 2.27. The summed E-state index contributed by atoms with van der Waals surface area (Å²) < 4.78 is 42.3. The Hall–Kier alpha value is -3.28. The van der Waals surface area contributed by atoms with E-state index in [2.05, 4.69) is 37.7 Å². The highest BCUT2D eigenvalue weighted by Gasteiger charge is 2.43. The summed E-state index contributed by atoms with van der Waals surface area (Å²) in [5.41, 5.74) is 2.58. The van der Waals surface area contributed by atoms with Crippen molar-refractivity contribution in [1.29, 1.82) is 0 Å². The molecular weight excluding hydrogens is 522 g/mol. The molecule has 0 N–H and O–H groups in total. The van der Waals surface area contributed by atoms with Crippen LogP contribution in [0.3, 0.4) is 0 Å². The van der Waals surface area contributed by atoms with Gasteiger partial charge in [0.25, 0.3) is 0 Å². The van der Waals surface area contributed by atoms with E-state index in [0.29, 0.717) is 21.8 Å². The van der Waals surface area contributed by atoms with Crippen LogP contribution < -0.4 is 5.01 Å². The zero-order chi connectivity index (χ0) is 22.0. The van der Waals surface area contributed by atoms with Gasteiger partial charge < -0.3 is 4.40 Å². The van der Waals surface area contributed by atoms with Gasteiger partial charge in [0, 0.05) is 33.9 Å². The Morgan fingerprint density at radius 1 is 1.03 bits per heavy atom. The standard InChI is InChI=1S/C21H13F3IN5O/c22-21(23,24)20(31)30(27-11-14-7-9-26-10-8-14)17-4-1-15(2-5-17)18-13-29-12-16(25)3-6-19(29)28-18/h1-13H. The second-order valence-electron chi connectivity index (χ2n) is 6.43. The Labute approximate surface area is 188 Å². The van der Waals surface area contributed by atoms with E-state index >= 15 is 0 Å². The number of alkyl halides is 3. The topological polar surface area (TPSA) is 62.9 Å². The lowest BCUT2D eigenvalue weighted by molar-refractivity contribution is -0.170. The van der Waals surface area contributed by atoms with Gasteiger partial charge in [-0.1, -0.05) is 12.1 Å². The summed E-state index contributed by atoms with van der Waals surface area (Å²) in [6.45, 7) is 0. The van der Waals surface area contributed by atoms with Crippen molar-refractivity contribution in [3.63, 3.8) is 0 Å². The Kier molecular flexibility index (Phi) is 5.72. The predicted octanol–water partition coefficient (Wildman–Crippen LogP) is 4.93. The van der Waals surface area contributed by atoms with Crippen molar-refractivity contribution in [3.05, 3.63) is 82.5 Å². The predicted molar refractivity (Wildman–Crippen MR) is 119 cm³/mol. The van der Waals surface area contributed by atoms with E-state index < -0.39 is 12.1 Å². The quantitative estimate of drug-likeness (QED) is 0.212. The molecule has 0 unspecified atom stereocenters. The van der Waals surface area contributed by atoms with Crippen molar-refractivity contribution in [1.82, 2.24) is 14.4 Å². The number of pyridine rings is 2. The molecule has 3 aromatic heterocycles. The lowest BCUT2D eigenvalue weighted by atomic mass is 10.1. The third-order valence-electron chi connectivity index (χ3n) is 4.29. The molecule has 10 heteroatoms. The van der Waals surface area contributed by atoms with E-state index in [9.17, 15) is 18.0 Å². The number of rotatable bonds is 4. The number of hydrogen-bond acceptors (Lipinski definition) is 4. The fraction of sp³-hybridized carbons (Fsp3) is 0.0476. The molecule has 4 rings (SSSR count). The van der Waals surface area contributed by atoms with Crippen molar-refractivity contribution in [2.45, 2.75) is 6.18 Å². The Bertz CT molecular complexity index is 1250. The summed E-state index contributed by atoms with van der Waals surface area (Å²) in [7, 11) is 0. The van der Waals surface area contributed by atoms with Gasteiger partial charge >= 0.3 is 12.1 Å². The first kappa shape index (κ1) is 21.0. The molecule has 0 aliphatic rings. The van der Waals surface area contributed by atoms with Crippen LogP contribution in [0.25, 0.3) is 16.9 Å². The SMILES string of the molecule is O=C(N(N=Cc1ccncc1)c1ccc(-c2cn3cc(I)ccc3n2)cc1)C(F)(F)F. The third-order valence-corrected chi connectivity index (χ3v) is 4.92. The van der Waals surface area contributed by atoms with Crippen LogP contribution in [0.2, 0.25) is 0 Å². The summed E-state index contributed by atoms with van der Waals surface area (Å²) in [5, 5.41) is 4.10. The first-order chi connectivity index (χ1) is 14.8. The van der Waals surface area contributed by atoms with Crippen molar-refractivity contribution in [2.75, 3.05) is 5.01 Å². The molecule has 0 atom stereocenters. The average molecular weight is 535 g/mol. The summed E-state index contributed by atoms with van der Waals surface area (Å²) in [4.78, 5) is 20.3. The third kappa shape index (κ3) is 4.74. The Morgan fingerprint density at radius 3 is 2.42 bits per heavy atom. The second-order valence-corrected chi connectivity index (χ2v) is 7.67. The number of nitrogens with zero attached hydrogens (tertiary/aromatic N) is 5. The molecule has 1 amide bonds. The minimum absolute atomic E-state index is 0.0188. The number of halogens is 4. The second kappa shape index (κ2) is 8.46. The van der Waals surface area contributed by atoms with Gasteiger partial charge in [0.05, 0.1) is 17.6 Å². The van der Waals surface area contributed by atoms with Crippen LogP contribution in [0.5, 0.6) is 0 Å². The van der Waals surface area contributed by atoms with Crippen LogP contribution in [-0.4, -0.2) is 32.7 Å². The first-order valence-corrected chi connectivity index (χ1v) is 9.99. The molecule has 0 radical (unpaired) electrons. The number of hydrogen-bond donors (Lipinski definition) is 0. The van der Waals surface area contributed by atoms with E-state index in [1.807, 2.05) is 28.9 Å². The van der Waals surface area contributed by atoms with Gasteiger partial charge in [-0.3, -0.25) is 9.78 Å². The molecule has 156 valence electrons. The number of aromatic nitrogens is 3. The number of carbonyl (C=O) groups is 1. The van der Waals surface area contributed by atoms with Crippen LogP contribution in [0.4, 0.5) is 18.9 Å². The molecule has 0 saturated heterocycles. The van der Waals surface area contributed by atoms with Gasteiger partial charge in [-0.05, 0) is 64.6 Å². The van der Waals surface area contributed by atoms with Gasteiger partial charge in [0.15, 0.2) is 0 Å². The minimum Gasteiger partial charge on any atom is -0.305 e. The summed E-state index contributed by atoms with van der Waals surface area (Å²) >= 11 is 2.19. The monoisotopic (exact) mass is 535 g/mol. The largest absolute Gasteiger partial charge is 0.473 e. The molecule has 0 bridgehead atoms. The fourth-order valence-corrected chi connectivity index (χ4v) is 3.29. The lowest BCUT2D eigenvalue weighted by Gasteiger charge is -2.18. The van der Waals surface area contributed by atoms with Gasteiger partial charge in [-0.25, -0.2) is 4.98 Å². The number of fused-ring (bicyclic) bond motifs is 1. The molecule has 0 spiro atoms. The van der Waals surface area contributed by atoms with Gasteiger partial charge in [0.1, 0.15) is 5.65 Å². The lowest BCUT2D eigenvalue weighted by Crippen LogP contribution is -2.38. The minimum atomic E-state index is -5.08. The maximum atomic E-state index is 13.1. The van der Waals surface area contributed by atoms with Crippen LogP contribution in [0, 0.1) is 3.57 Å². The van der Waals surface area contributed by atoms with E-state index in [1.165, 1.54) is 30.7 Å². The molecule has 0 aliphatic heterocycles. The van der Waals surface area contributed by atoms with Crippen LogP contribution >= 0.6 is 22.6 Å². The Balaban J connectivity index is 1.66. The summed E-state index contributed by atoms with van der Waals surface area (Å²) in [6.07, 6.45) is 2.78. The van der Waals surface area contributed by atoms with Gasteiger partial charge in [-0.15, -0.1) is 0 Å². The van der Waals surface area contributed by atoms with Crippen molar-refractivity contribution in [2.24, 2.45) is 5.10 Å². The molecule has 31 heavy (non-hydrogen) atoms. The van der Waals surface area contributed by atoms with E-state index in [4.69, 9.17) is 0 Å². The number of benzene rings is 1. The normalized spacial score (nSPS) is 11.9. The molecule has 3 heterocycles. The zero-order valence-corrected chi connectivity index (χ0v) is 17.8. The van der Waals surface area contributed by atoms with E-state index in [1.54, 1.807) is 24.3 Å². The number of hydrazone groups is 1. The number of amides is 1. The number of imidazole rings is 1. The van der Waals surface area contributed by atoms with Crippen LogP contribution in [0.1, 0.15) is 5.56 Å². The first-order valence-electron chi connectivity index (χ1n) is 8.91. The molecule has 0 aliphatic carbocycles. The average Bonchev–Trinajstić information content (AvgIpc) is 3.17. The van der Waals surface area contributed by atoms with Crippen LogP contribution in [-0.2, 0) is 4.79 Å². The summed E-state index contributed by atoms with van der Waals surface area (Å²) in [6, 6.07) is 12.9. The van der Waals surface area contributed by atoms with Crippen LogP contribution in [0.15, 0.2) is 78.4 Å². The molecule has 1 aromatic carbocycles. The molecule has 4 aromatic rings. The number of carbonyl (C=O) groups excluding carboxylic acids is 1. The molecule has 0 saturated carbocycles. The van der Waals surface area contributed by atoms with Crippen molar-refractivity contribution in [3.8, 4) is 11.3 Å². The number of anilines is 1. The zero-order valence-electron chi connectivity index (χ0n) is 15.7. The maximum Gasteiger partial charge on any atom is 0.473 e. The maximum absolute atomic E-state index is 13.1. The smallest absolute Gasteiger partial charge is 0.305 e. The van der Waals surface area contributed by atoms with E-state index in [-0.39, 0.29) is 5.69 Å². The molecule has 6 nitrogen and oxygen atoms in total. The highest BCUT2D eigenvalue weighted by atomic mass is 127. The van der Waals surface area contributed by atoms with Crippen molar-refractivity contribution < 1.29 is 18.0 Å². The molecular formula is C21H13F3IN5O.